The molecule has 2 fully saturated rings. The van der Waals surface area contributed by atoms with Crippen molar-refractivity contribution in [3.05, 3.63) is 65.4 Å². The molecule has 0 atom stereocenters. The van der Waals surface area contributed by atoms with Gasteiger partial charge in [-0.2, -0.15) is 0 Å². The minimum absolute atomic E-state index is 0.247. The van der Waals surface area contributed by atoms with Crippen molar-refractivity contribution in [2.45, 2.75) is 55.9 Å². The standard InChI is InChI=1S/C28H32N4O3S2/c1-20-17-30-28(36-20)26-19-32(37(33,34)24-6-3-2-4-7-24)27-25(26)16-22(18-29-27)21-8-10-23(11-9-21)31-12-5-14-35-15-13-31/h2-4,6-7,16-19,21,23H,5,8-15H2,1H3/t21-,23-. The maximum atomic E-state index is 13.6. The summed E-state index contributed by atoms with van der Waals surface area (Å²) in [6.45, 7) is 5.88. The monoisotopic (exact) mass is 536 g/mol. The first-order chi connectivity index (χ1) is 18.0. The number of nitrogens with zero attached hydrogens (tertiary/aromatic N) is 4. The fraction of sp³-hybridized carbons (Fsp3) is 0.429. The second-order valence-electron chi connectivity index (χ2n) is 10.1. The Balaban J connectivity index is 1.34. The highest BCUT2D eigenvalue weighted by molar-refractivity contribution is 7.90. The van der Waals surface area contributed by atoms with E-state index < -0.39 is 10.0 Å². The van der Waals surface area contributed by atoms with Crippen LogP contribution in [0.3, 0.4) is 0 Å². The Morgan fingerprint density at radius 1 is 1.00 bits per heavy atom. The molecule has 37 heavy (non-hydrogen) atoms. The number of aryl methyl sites for hydroxylation is 1. The third-order valence-electron chi connectivity index (χ3n) is 7.73. The van der Waals surface area contributed by atoms with Crippen molar-refractivity contribution >= 4 is 32.4 Å². The van der Waals surface area contributed by atoms with Crippen molar-refractivity contribution in [3.63, 3.8) is 0 Å². The summed E-state index contributed by atoms with van der Waals surface area (Å²) < 4.78 is 34.2. The number of pyridine rings is 1. The lowest BCUT2D eigenvalue weighted by atomic mass is 9.81. The van der Waals surface area contributed by atoms with Crippen LogP contribution in [0.25, 0.3) is 21.6 Å². The highest BCUT2D eigenvalue weighted by Gasteiger charge is 2.29. The first-order valence-corrected chi connectivity index (χ1v) is 15.3. The predicted molar refractivity (Wildman–Crippen MR) is 147 cm³/mol. The van der Waals surface area contributed by atoms with Crippen molar-refractivity contribution in [2.75, 3.05) is 26.3 Å². The molecule has 2 aliphatic rings. The molecule has 0 N–H and O–H groups in total. The maximum absolute atomic E-state index is 13.6. The molecule has 7 nitrogen and oxygen atoms in total. The topological polar surface area (TPSA) is 77.3 Å². The van der Waals surface area contributed by atoms with Crippen LogP contribution >= 0.6 is 11.3 Å². The molecular weight excluding hydrogens is 504 g/mol. The van der Waals surface area contributed by atoms with Crippen LogP contribution in [-0.2, 0) is 14.8 Å². The lowest BCUT2D eigenvalue weighted by Gasteiger charge is -2.36. The summed E-state index contributed by atoms with van der Waals surface area (Å²) >= 11 is 1.57. The number of aromatic nitrogens is 3. The third kappa shape index (κ3) is 4.85. The zero-order valence-corrected chi connectivity index (χ0v) is 22.7. The maximum Gasteiger partial charge on any atom is 0.269 e. The van der Waals surface area contributed by atoms with Crippen LogP contribution in [0.2, 0.25) is 0 Å². The van der Waals surface area contributed by atoms with Crippen LogP contribution in [0.15, 0.2) is 59.9 Å². The van der Waals surface area contributed by atoms with E-state index in [1.165, 1.54) is 22.4 Å². The highest BCUT2D eigenvalue weighted by atomic mass is 32.2. The van der Waals surface area contributed by atoms with Crippen molar-refractivity contribution in [1.29, 1.82) is 0 Å². The normalized spacial score (nSPS) is 21.8. The van der Waals surface area contributed by atoms with Crippen molar-refractivity contribution < 1.29 is 13.2 Å². The van der Waals surface area contributed by atoms with E-state index in [9.17, 15) is 8.42 Å². The van der Waals surface area contributed by atoms with Gasteiger partial charge in [0, 0.05) is 60.2 Å². The zero-order valence-electron chi connectivity index (χ0n) is 21.0. The molecule has 4 aromatic rings. The Labute approximate surface area is 222 Å². The Hall–Kier alpha value is -2.59. The van der Waals surface area contributed by atoms with E-state index in [0.717, 1.165) is 66.4 Å². The van der Waals surface area contributed by atoms with E-state index in [1.807, 2.05) is 25.4 Å². The van der Waals surface area contributed by atoms with Gasteiger partial charge in [-0.15, -0.1) is 11.3 Å². The van der Waals surface area contributed by atoms with Crippen molar-refractivity contribution in [2.24, 2.45) is 0 Å². The van der Waals surface area contributed by atoms with Crippen molar-refractivity contribution in [3.8, 4) is 10.6 Å². The number of ether oxygens (including phenoxy) is 1. The lowest BCUT2D eigenvalue weighted by molar-refractivity contribution is 0.118. The fourth-order valence-electron chi connectivity index (χ4n) is 5.76. The fourth-order valence-corrected chi connectivity index (χ4v) is 7.90. The number of rotatable bonds is 5. The minimum atomic E-state index is -3.79. The van der Waals surface area contributed by atoms with Gasteiger partial charge in [-0.1, -0.05) is 18.2 Å². The molecular formula is C28H32N4O3S2. The van der Waals surface area contributed by atoms with E-state index in [1.54, 1.807) is 41.8 Å². The lowest BCUT2D eigenvalue weighted by Crippen LogP contribution is -2.39. The zero-order chi connectivity index (χ0) is 25.4. The van der Waals surface area contributed by atoms with Crippen LogP contribution < -0.4 is 0 Å². The summed E-state index contributed by atoms with van der Waals surface area (Å²) in [6.07, 6.45) is 11.1. The summed E-state index contributed by atoms with van der Waals surface area (Å²) in [5, 5.41) is 1.66. The van der Waals surface area contributed by atoms with E-state index in [-0.39, 0.29) is 4.90 Å². The third-order valence-corrected chi connectivity index (χ3v) is 10.3. The number of hydrogen-bond donors (Lipinski definition) is 0. The molecule has 0 spiro atoms. The molecule has 1 aromatic carbocycles. The number of hydrogen-bond acceptors (Lipinski definition) is 7. The molecule has 1 aliphatic heterocycles. The summed E-state index contributed by atoms with van der Waals surface area (Å²) in [5.74, 6) is 0.427. The molecule has 6 rings (SSSR count). The first-order valence-electron chi connectivity index (χ1n) is 13.1. The van der Waals surface area contributed by atoms with Gasteiger partial charge >= 0.3 is 0 Å². The molecule has 0 unspecified atom stereocenters. The van der Waals surface area contributed by atoms with E-state index in [4.69, 9.17) is 9.72 Å². The van der Waals surface area contributed by atoms with Gasteiger partial charge in [-0.3, -0.25) is 4.90 Å². The van der Waals surface area contributed by atoms with Gasteiger partial charge in [0.2, 0.25) is 0 Å². The Bertz CT molecular complexity index is 1480. The van der Waals surface area contributed by atoms with Crippen LogP contribution in [0, 0.1) is 6.92 Å². The molecule has 4 heterocycles. The summed E-state index contributed by atoms with van der Waals surface area (Å²) in [5.41, 5.74) is 2.46. The molecule has 1 saturated carbocycles. The molecule has 1 saturated heterocycles. The summed E-state index contributed by atoms with van der Waals surface area (Å²) in [7, 11) is -3.79. The van der Waals surface area contributed by atoms with E-state index in [2.05, 4.69) is 16.0 Å². The molecule has 1 aliphatic carbocycles. The second kappa shape index (κ2) is 10.3. The largest absolute Gasteiger partial charge is 0.380 e. The molecule has 9 heteroatoms. The predicted octanol–water partition coefficient (Wildman–Crippen LogP) is 5.45. The van der Waals surface area contributed by atoms with Gasteiger partial charge in [0.1, 0.15) is 5.01 Å². The smallest absolute Gasteiger partial charge is 0.269 e. The summed E-state index contributed by atoms with van der Waals surface area (Å²) in [4.78, 5) is 13.3. The van der Waals surface area contributed by atoms with Gasteiger partial charge in [0.15, 0.2) is 5.65 Å². The van der Waals surface area contributed by atoms with Gasteiger partial charge in [0.05, 0.1) is 11.5 Å². The van der Waals surface area contributed by atoms with E-state index >= 15 is 0 Å². The van der Waals surface area contributed by atoms with Crippen LogP contribution in [-0.4, -0.2) is 59.6 Å². The quantitative estimate of drug-likeness (QED) is 0.337. The van der Waals surface area contributed by atoms with Crippen LogP contribution in [0.4, 0.5) is 0 Å². The van der Waals surface area contributed by atoms with Gasteiger partial charge in [-0.05, 0) is 68.7 Å². The van der Waals surface area contributed by atoms with Gasteiger partial charge < -0.3 is 4.74 Å². The van der Waals surface area contributed by atoms with Gasteiger partial charge in [0.25, 0.3) is 10.0 Å². The molecule has 3 aromatic heterocycles. The molecule has 194 valence electrons. The minimum Gasteiger partial charge on any atom is -0.380 e. The molecule has 0 amide bonds. The average Bonchev–Trinajstić information content (AvgIpc) is 3.42. The van der Waals surface area contributed by atoms with E-state index in [0.29, 0.717) is 17.6 Å². The Kier molecular flexibility index (Phi) is 6.88. The summed E-state index contributed by atoms with van der Waals surface area (Å²) in [6, 6.07) is 11.3. The number of thiazole rings is 1. The van der Waals surface area contributed by atoms with Gasteiger partial charge in [-0.25, -0.2) is 22.4 Å². The highest BCUT2D eigenvalue weighted by Crippen LogP contribution is 2.39. The Morgan fingerprint density at radius 3 is 2.57 bits per heavy atom. The Morgan fingerprint density at radius 2 is 1.81 bits per heavy atom. The number of fused-ring (bicyclic) bond motifs is 1. The molecule has 0 bridgehead atoms. The SMILES string of the molecule is Cc1cnc(-c2cn(S(=O)(=O)c3ccccc3)c3ncc([C@H]4CC[C@H](N5CCCOCC5)CC4)cc23)s1. The second-order valence-corrected chi connectivity index (χ2v) is 13.1. The average molecular weight is 537 g/mol. The van der Waals surface area contributed by atoms with Crippen LogP contribution in [0.5, 0.6) is 0 Å². The number of benzene rings is 1. The van der Waals surface area contributed by atoms with Crippen LogP contribution in [0.1, 0.15) is 48.5 Å². The first kappa shape index (κ1) is 24.7. The van der Waals surface area contributed by atoms with Crippen molar-refractivity contribution in [1.82, 2.24) is 18.8 Å². The molecule has 0 radical (unpaired) electrons.